The summed E-state index contributed by atoms with van der Waals surface area (Å²) in [6.45, 7) is 8.30. The van der Waals surface area contributed by atoms with E-state index in [1.807, 2.05) is 0 Å². The second kappa shape index (κ2) is 2.17. The Labute approximate surface area is 73.3 Å². The monoisotopic (exact) mass is 171 g/mol. The van der Waals surface area contributed by atoms with Crippen LogP contribution in [0.3, 0.4) is 0 Å². The van der Waals surface area contributed by atoms with Gasteiger partial charge in [0.15, 0.2) is 0 Å². The molecule has 64 valence electrons. The van der Waals surface area contributed by atoms with Crippen molar-refractivity contribution in [2.75, 3.05) is 12.3 Å². The average molecular weight is 171 g/mol. The van der Waals surface area contributed by atoms with Gasteiger partial charge in [-0.3, -0.25) is 0 Å². The van der Waals surface area contributed by atoms with E-state index in [9.17, 15) is 0 Å². The molecule has 0 spiro atoms. The van der Waals surface area contributed by atoms with Crippen LogP contribution in [-0.2, 0) is 0 Å². The summed E-state index contributed by atoms with van der Waals surface area (Å²) in [4.78, 5) is 0. The molecule has 0 aromatic heterocycles. The summed E-state index contributed by atoms with van der Waals surface area (Å²) in [6, 6.07) is 0. The van der Waals surface area contributed by atoms with Gasteiger partial charge < -0.3 is 5.32 Å². The lowest BCUT2D eigenvalue weighted by atomic mass is 9.74. The Morgan fingerprint density at radius 1 is 1.45 bits per heavy atom. The average Bonchev–Trinajstić information content (AvgIpc) is 2.42. The van der Waals surface area contributed by atoms with Gasteiger partial charge in [-0.1, -0.05) is 20.8 Å². The van der Waals surface area contributed by atoms with Crippen LogP contribution in [0.15, 0.2) is 0 Å². The predicted molar refractivity (Wildman–Crippen MR) is 51.1 cm³/mol. The minimum absolute atomic E-state index is 0.436. The molecule has 2 rings (SSSR count). The van der Waals surface area contributed by atoms with Crippen molar-refractivity contribution in [3.8, 4) is 0 Å². The van der Waals surface area contributed by atoms with Gasteiger partial charge in [-0.05, 0) is 11.8 Å². The Balaban J connectivity index is 2.23. The molecule has 0 aromatic carbocycles. The quantitative estimate of drug-likeness (QED) is 0.597. The summed E-state index contributed by atoms with van der Waals surface area (Å²) in [6.07, 6.45) is 1.39. The molecule has 0 saturated carbocycles. The van der Waals surface area contributed by atoms with Crippen LogP contribution in [0, 0.1) is 5.41 Å². The zero-order chi connectivity index (χ0) is 8.11. The van der Waals surface area contributed by atoms with E-state index in [4.69, 9.17) is 0 Å². The standard InChI is InChI=1S/C9H17NS/c1-8(2,3)9-4-7(5-10-9)11-6-9/h7,10H,4-6H2,1-3H3. The van der Waals surface area contributed by atoms with Gasteiger partial charge in [-0.2, -0.15) is 11.8 Å². The van der Waals surface area contributed by atoms with Gasteiger partial charge in [0, 0.05) is 23.1 Å². The van der Waals surface area contributed by atoms with Gasteiger partial charge in [0.1, 0.15) is 0 Å². The molecular formula is C9H17NS. The highest BCUT2D eigenvalue weighted by atomic mass is 32.2. The lowest BCUT2D eigenvalue weighted by molar-refractivity contribution is 0.191. The van der Waals surface area contributed by atoms with E-state index >= 15 is 0 Å². The van der Waals surface area contributed by atoms with E-state index in [2.05, 4.69) is 37.8 Å². The molecule has 2 saturated heterocycles. The molecule has 2 heterocycles. The van der Waals surface area contributed by atoms with Crippen LogP contribution in [0.1, 0.15) is 27.2 Å². The molecule has 2 aliphatic rings. The molecule has 2 unspecified atom stereocenters. The molecule has 2 fully saturated rings. The van der Waals surface area contributed by atoms with Crippen LogP contribution in [0.25, 0.3) is 0 Å². The SMILES string of the molecule is CC(C)(C)C12CSC(CN1)C2. The van der Waals surface area contributed by atoms with Gasteiger partial charge in [0.25, 0.3) is 0 Å². The third-order valence-corrected chi connectivity index (χ3v) is 4.71. The molecule has 0 radical (unpaired) electrons. The maximum Gasteiger partial charge on any atom is 0.0332 e. The normalized spacial score (nSPS) is 43.4. The minimum atomic E-state index is 0.436. The van der Waals surface area contributed by atoms with Crippen molar-refractivity contribution >= 4 is 11.8 Å². The molecule has 2 bridgehead atoms. The molecule has 1 nitrogen and oxygen atoms in total. The highest BCUT2D eigenvalue weighted by molar-refractivity contribution is 8.00. The number of hydrogen-bond donors (Lipinski definition) is 1. The summed E-state index contributed by atoms with van der Waals surface area (Å²) in [5.41, 5.74) is 0.896. The van der Waals surface area contributed by atoms with E-state index < -0.39 is 0 Å². The zero-order valence-corrected chi connectivity index (χ0v) is 8.42. The summed E-state index contributed by atoms with van der Waals surface area (Å²) < 4.78 is 0. The van der Waals surface area contributed by atoms with E-state index in [1.165, 1.54) is 18.7 Å². The van der Waals surface area contributed by atoms with E-state index in [0.29, 0.717) is 11.0 Å². The van der Waals surface area contributed by atoms with E-state index in [-0.39, 0.29) is 0 Å². The Morgan fingerprint density at radius 2 is 2.18 bits per heavy atom. The third kappa shape index (κ3) is 1.03. The van der Waals surface area contributed by atoms with Crippen molar-refractivity contribution in [3.05, 3.63) is 0 Å². The fourth-order valence-electron chi connectivity index (χ4n) is 2.12. The maximum absolute atomic E-state index is 3.69. The molecule has 0 aromatic rings. The Morgan fingerprint density at radius 3 is 2.36 bits per heavy atom. The molecule has 1 N–H and O–H groups in total. The van der Waals surface area contributed by atoms with Gasteiger partial charge in [0.2, 0.25) is 0 Å². The first kappa shape index (κ1) is 7.93. The number of hydrogen-bond acceptors (Lipinski definition) is 2. The van der Waals surface area contributed by atoms with Crippen LogP contribution in [-0.4, -0.2) is 23.1 Å². The summed E-state index contributed by atoms with van der Waals surface area (Å²) in [5, 5.41) is 4.60. The number of fused-ring (bicyclic) bond motifs is 2. The molecule has 2 atom stereocenters. The first-order chi connectivity index (χ1) is 5.04. The van der Waals surface area contributed by atoms with Crippen LogP contribution < -0.4 is 5.32 Å². The number of rotatable bonds is 0. The Kier molecular flexibility index (Phi) is 1.56. The molecule has 2 aliphatic heterocycles. The second-order valence-electron chi connectivity index (χ2n) is 4.85. The van der Waals surface area contributed by atoms with Crippen molar-refractivity contribution < 1.29 is 0 Å². The highest BCUT2D eigenvalue weighted by Crippen LogP contribution is 2.48. The van der Waals surface area contributed by atoms with Gasteiger partial charge in [-0.25, -0.2) is 0 Å². The molecule has 11 heavy (non-hydrogen) atoms. The fraction of sp³-hybridized carbons (Fsp3) is 1.00. The zero-order valence-electron chi connectivity index (χ0n) is 7.61. The topological polar surface area (TPSA) is 12.0 Å². The lowest BCUT2D eigenvalue weighted by Crippen LogP contribution is -2.52. The smallest absolute Gasteiger partial charge is 0.0332 e. The van der Waals surface area contributed by atoms with Crippen molar-refractivity contribution in [2.45, 2.75) is 38.0 Å². The van der Waals surface area contributed by atoms with Crippen LogP contribution in [0.2, 0.25) is 0 Å². The van der Waals surface area contributed by atoms with E-state index in [0.717, 1.165) is 5.25 Å². The van der Waals surface area contributed by atoms with Crippen molar-refractivity contribution in [3.63, 3.8) is 0 Å². The van der Waals surface area contributed by atoms with Crippen molar-refractivity contribution in [1.29, 1.82) is 0 Å². The van der Waals surface area contributed by atoms with Gasteiger partial charge >= 0.3 is 0 Å². The first-order valence-electron chi connectivity index (χ1n) is 4.40. The summed E-state index contributed by atoms with van der Waals surface area (Å²) >= 11 is 2.16. The Bertz CT molecular complexity index is 163. The molecule has 0 aliphatic carbocycles. The predicted octanol–water partition coefficient (Wildman–Crippen LogP) is 1.88. The largest absolute Gasteiger partial charge is 0.309 e. The number of nitrogens with one attached hydrogen (secondary N) is 1. The maximum atomic E-state index is 3.69. The van der Waals surface area contributed by atoms with E-state index in [1.54, 1.807) is 0 Å². The molecular weight excluding hydrogens is 154 g/mol. The molecule has 0 amide bonds. The third-order valence-electron chi connectivity index (χ3n) is 3.25. The summed E-state index contributed by atoms with van der Waals surface area (Å²) in [7, 11) is 0. The lowest BCUT2D eigenvalue weighted by Gasteiger charge is -2.40. The number of thioether (sulfide) groups is 1. The minimum Gasteiger partial charge on any atom is -0.309 e. The fourth-order valence-corrected chi connectivity index (χ4v) is 3.89. The van der Waals surface area contributed by atoms with Gasteiger partial charge in [-0.15, -0.1) is 0 Å². The van der Waals surface area contributed by atoms with Crippen LogP contribution in [0.5, 0.6) is 0 Å². The highest BCUT2D eigenvalue weighted by Gasteiger charge is 2.51. The van der Waals surface area contributed by atoms with Crippen molar-refractivity contribution in [2.24, 2.45) is 5.41 Å². The van der Waals surface area contributed by atoms with Crippen molar-refractivity contribution in [1.82, 2.24) is 5.32 Å². The van der Waals surface area contributed by atoms with Gasteiger partial charge in [0.05, 0.1) is 0 Å². The van der Waals surface area contributed by atoms with Crippen LogP contribution in [0.4, 0.5) is 0 Å². The molecule has 2 heteroatoms. The second-order valence-corrected chi connectivity index (χ2v) is 6.14. The Hall–Kier alpha value is 0.310. The van der Waals surface area contributed by atoms with Crippen LogP contribution >= 0.6 is 11.8 Å². The summed E-state index contributed by atoms with van der Waals surface area (Å²) in [5.74, 6) is 1.32. The first-order valence-corrected chi connectivity index (χ1v) is 5.45.